The number of para-hydroxylation sites is 1. The van der Waals surface area contributed by atoms with Crippen LogP contribution in [0, 0.1) is 17.2 Å². The van der Waals surface area contributed by atoms with Crippen LogP contribution in [0.1, 0.15) is 44.7 Å². The van der Waals surface area contributed by atoms with E-state index in [-0.39, 0.29) is 17.6 Å². The molecule has 170 valence electrons. The van der Waals surface area contributed by atoms with E-state index in [0.717, 1.165) is 36.9 Å². The van der Waals surface area contributed by atoms with Crippen LogP contribution in [0.5, 0.6) is 0 Å². The SMILES string of the molecule is CCc1cccc(CC)c1-n1c(SCC(=O)NC(C)(C#N)C2CC2)nnc1-c1cccnc1. The Labute approximate surface area is 198 Å². The maximum absolute atomic E-state index is 12.7. The highest BCUT2D eigenvalue weighted by atomic mass is 32.2. The van der Waals surface area contributed by atoms with Crippen molar-refractivity contribution < 1.29 is 4.79 Å². The van der Waals surface area contributed by atoms with E-state index >= 15 is 0 Å². The minimum Gasteiger partial charge on any atom is -0.337 e. The molecule has 0 saturated heterocycles. The molecule has 0 spiro atoms. The third-order valence-corrected chi connectivity index (χ3v) is 7.03. The molecule has 3 aromatic rings. The lowest BCUT2D eigenvalue weighted by Crippen LogP contribution is -2.47. The molecule has 0 aliphatic heterocycles. The van der Waals surface area contributed by atoms with Gasteiger partial charge in [0.1, 0.15) is 5.54 Å². The topological polar surface area (TPSA) is 96.5 Å². The molecule has 33 heavy (non-hydrogen) atoms. The van der Waals surface area contributed by atoms with Crippen LogP contribution in [0.4, 0.5) is 0 Å². The Kier molecular flexibility index (Phi) is 6.80. The second-order valence-corrected chi connectivity index (χ2v) is 9.38. The molecule has 1 aromatic carbocycles. The molecule has 1 aliphatic rings. The molecular formula is C25H28N6OS. The quantitative estimate of drug-likeness (QED) is 0.477. The van der Waals surface area contributed by atoms with Crippen molar-refractivity contribution in [2.75, 3.05) is 5.75 Å². The highest BCUT2D eigenvalue weighted by Gasteiger charge is 2.43. The van der Waals surface area contributed by atoms with E-state index in [1.54, 1.807) is 19.3 Å². The third-order valence-electron chi connectivity index (χ3n) is 6.10. The summed E-state index contributed by atoms with van der Waals surface area (Å²) in [4.78, 5) is 17.0. The van der Waals surface area contributed by atoms with Gasteiger partial charge in [-0.25, -0.2) is 0 Å². The third kappa shape index (κ3) is 4.79. The van der Waals surface area contributed by atoms with Crippen LogP contribution < -0.4 is 5.32 Å². The zero-order valence-electron chi connectivity index (χ0n) is 19.2. The largest absolute Gasteiger partial charge is 0.337 e. The first-order chi connectivity index (χ1) is 16.0. The number of hydrogen-bond donors (Lipinski definition) is 1. The van der Waals surface area contributed by atoms with Gasteiger partial charge in [-0.05, 0) is 61.8 Å². The zero-order chi connectivity index (χ0) is 23.4. The van der Waals surface area contributed by atoms with Gasteiger partial charge in [-0.2, -0.15) is 5.26 Å². The molecule has 1 unspecified atom stereocenters. The normalized spacial score (nSPS) is 15.0. The predicted octanol–water partition coefficient (Wildman–Crippen LogP) is 4.35. The molecule has 1 amide bonds. The van der Waals surface area contributed by atoms with E-state index in [0.29, 0.717) is 11.0 Å². The van der Waals surface area contributed by atoms with Crippen molar-refractivity contribution in [1.82, 2.24) is 25.1 Å². The number of carbonyl (C=O) groups excluding carboxylic acids is 1. The lowest BCUT2D eigenvalue weighted by atomic mass is 9.98. The number of nitrogens with zero attached hydrogens (tertiary/aromatic N) is 5. The highest BCUT2D eigenvalue weighted by molar-refractivity contribution is 7.99. The minimum absolute atomic E-state index is 0.158. The molecule has 7 nitrogen and oxygen atoms in total. The van der Waals surface area contributed by atoms with E-state index in [9.17, 15) is 10.1 Å². The van der Waals surface area contributed by atoms with E-state index in [1.807, 2.05) is 12.1 Å². The summed E-state index contributed by atoms with van der Waals surface area (Å²) >= 11 is 1.33. The Morgan fingerprint density at radius 1 is 1.21 bits per heavy atom. The summed E-state index contributed by atoms with van der Waals surface area (Å²) in [6, 6.07) is 12.4. The molecule has 4 rings (SSSR count). The van der Waals surface area contributed by atoms with Gasteiger partial charge in [0.25, 0.3) is 0 Å². The number of hydrogen-bond acceptors (Lipinski definition) is 6. The van der Waals surface area contributed by atoms with Gasteiger partial charge in [-0.15, -0.1) is 10.2 Å². The van der Waals surface area contributed by atoms with Gasteiger partial charge in [0.05, 0.1) is 17.5 Å². The Morgan fingerprint density at radius 3 is 2.52 bits per heavy atom. The number of aromatic nitrogens is 4. The van der Waals surface area contributed by atoms with Gasteiger partial charge in [0.15, 0.2) is 11.0 Å². The fraction of sp³-hybridized carbons (Fsp3) is 0.400. The second-order valence-electron chi connectivity index (χ2n) is 8.44. The van der Waals surface area contributed by atoms with Gasteiger partial charge < -0.3 is 5.32 Å². The Balaban J connectivity index is 1.70. The molecule has 2 heterocycles. The molecule has 1 fully saturated rings. The molecule has 2 aromatic heterocycles. The summed E-state index contributed by atoms with van der Waals surface area (Å²) in [5.41, 5.74) is 3.50. The van der Waals surface area contributed by atoms with Crippen molar-refractivity contribution in [1.29, 1.82) is 5.26 Å². The van der Waals surface area contributed by atoms with Crippen LogP contribution in [0.2, 0.25) is 0 Å². The van der Waals surface area contributed by atoms with E-state index in [2.05, 4.69) is 63.2 Å². The monoisotopic (exact) mass is 460 g/mol. The summed E-state index contributed by atoms with van der Waals surface area (Å²) in [6.07, 6.45) is 7.19. The Morgan fingerprint density at radius 2 is 1.94 bits per heavy atom. The summed E-state index contributed by atoms with van der Waals surface area (Å²) in [5, 5.41) is 22.1. The molecular weight excluding hydrogens is 432 g/mol. The molecule has 1 atom stereocenters. The molecule has 0 radical (unpaired) electrons. The number of carbonyl (C=O) groups is 1. The van der Waals surface area contributed by atoms with E-state index in [4.69, 9.17) is 0 Å². The molecule has 1 aliphatic carbocycles. The number of nitrogens with one attached hydrogen (secondary N) is 1. The molecule has 0 bridgehead atoms. The van der Waals surface area contributed by atoms with Crippen molar-refractivity contribution >= 4 is 17.7 Å². The maximum atomic E-state index is 12.7. The summed E-state index contributed by atoms with van der Waals surface area (Å²) < 4.78 is 2.05. The van der Waals surface area contributed by atoms with Crippen LogP contribution in [0.15, 0.2) is 47.9 Å². The Hall–Kier alpha value is -3.18. The summed E-state index contributed by atoms with van der Waals surface area (Å²) in [5.74, 6) is 0.917. The highest BCUT2D eigenvalue weighted by Crippen LogP contribution is 2.39. The summed E-state index contributed by atoms with van der Waals surface area (Å²) in [6.45, 7) is 6.07. The van der Waals surface area contributed by atoms with E-state index < -0.39 is 5.54 Å². The first-order valence-electron chi connectivity index (χ1n) is 11.3. The van der Waals surface area contributed by atoms with Crippen LogP contribution in [0.25, 0.3) is 17.1 Å². The number of benzene rings is 1. The second kappa shape index (κ2) is 9.75. The number of amides is 1. The fourth-order valence-electron chi connectivity index (χ4n) is 4.09. The van der Waals surface area contributed by atoms with Gasteiger partial charge in [0, 0.05) is 18.0 Å². The number of rotatable bonds is 9. The average Bonchev–Trinajstić information content (AvgIpc) is 3.63. The van der Waals surface area contributed by atoms with Crippen molar-refractivity contribution in [3.8, 4) is 23.1 Å². The molecule has 8 heteroatoms. The maximum Gasteiger partial charge on any atom is 0.231 e. The first kappa shape index (κ1) is 23.0. The van der Waals surface area contributed by atoms with Gasteiger partial charge in [0.2, 0.25) is 5.91 Å². The summed E-state index contributed by atoms with van der Waals surface area (Å²) in [7, 11) is 0. The lowest BCUT2D eigenvalue weighted by Gasteiger charge is -2.22. The lowest BCUT2D eigenvalue weighted by molar-refractivity contribution is -0.119. The number of pyridine rings is 1. The van der Waals surface area contributed by atoms with Crippen molar-refractivity contribution in [2.45, 2.75) is 57.1 Å². The zero-order valence-corrected chi connectivity index (χ0v) is 20.0. The first-order valence-corrected chi connectivity index (χ1v) is 12.3. The predicted molar refractivity (Wildman–Crippen MR) is 129 cm³/mol. The van der Waals surface area contributed by atoms with E-state index in [1.165, 1.54) is 22.9 Å². The van der Waals surface area contributed by atoms with Gasteiger partial charge in [-0.3, -0.25) is 14.3 Å². The van der Waals surface area contributed by atoms with Crippen molar-refractivity contribution in [3.05, 3.63) is 53.9 Å². The van der Waals surface area contributed by atoms with Crippen molar-refractivity contribution in [2.24, 2.45) is 5.92 Å². The number of nitriles is 1. The smallest absolute Gasteiger partial charge is 0.231 e. The van der Waals surface area contributed by atoms with Crippen LogP contribution in [-0.2, 0) is 17.6 Å². The number of aryl methyl sites for hydroxylation is 2. The molecule has 1 saturated carbocycles. The average molecular weight is 461 g/mol. The Bertz CT molecular complexity index is 1160. The van der Waals surface area contributed by atoms with Crippen LogP contribution in [-0.4, -0.2) is 36.9 Å². The van der Waals surface area contributed by atoms with Gasteiger partial charge >= 0.3 is 0 Å². The van der Waals surface area contributed by atoms with Crippen LogP contribution in [0.3, 0.4) is 0 Å². The fourth-order valence-corrected chi connectivity index (χ4v) is 4.82. The molecule has 1 N–H and O–H groups in total. The standard InChI is InChI=1S/C25H28N6OS/c1-4-17-8-6-9-18(5-2)22(17)31-23(19-10-7-13-27-14-19)29-30-24(31)33-15-21(32)28-25(3,16-26)20-11-12-20/h6-10,13-14,20H,4-5,11-12,15H2,1-3H3,(H,28,32). The number of thioether (sulfide) groups is 1. The van der Waals surface area contributed by atoms with Crippen molar-refractivity contribution in [3.63, 3.8) is 0 Å². The van der Waals surface area contributed by atoms with Crippen LogP contribution >= 0.6 is 11.8 Å². The minimum atomic E-state index is -0.809. The van der Waals surface area contributed by atoms with Gasteiger partial charge in [-0.1, -0.05) is 43.8 Å².